The summed E-state index contributed by atoms with van der Waals surface area (Å²) in [6.45, 7) is 13.8. The number of nitrogens with one attached hydrogen (secondary N) is 2. The van der Waals surface area contributed by atoms with Crippen LogP contribution in [0.15, 0.2) is 6.07 Å². The first kappa shape index (κ1) is 15.7. The van der Waals surface area contributed by atoms with Crippen molar-refractivity contribution in [2.45, 2.75) is 65.8 Å². The third-order valence-corrected chi connectivity index (χ3v) is 2.96. The minimum Gasteiger partial charge on any atom is -0.370 e. The summed E-state index contributed by atoms with van der Waals surface area (Å²) < 4.78 is 0. The molecule has 108 valence electrons. The molecule has 0 aliphatic carbocycles. The van der Waals surface area contributed by atoms with Gasteiger partial charge in [-0.1, -0.05) is 27.2 Å². The van der Waals surface area contributed by atoms with Gasteiger partial charge in [0.1, 0.15) is 17.5 Å². The highest BCUT2D eigenvalue weighted by atomic mass is 15.1. The Morgan fingerprint density at radius 3 is 2.32 bits per heavy atom. The van der Waals surface area contributed by atoms with Gasteiger partial charge in [-0.15, -0.1) is 0 Å². The summed E-state index contributed by atoms with van der Waals surface area (Å²) in [7, 11) is 0. The van der Waals surface area contributed by atoms with Crippen molar-refractivity contribution in [3.63, 3.8) is 0 Å². The number of aromatic nitrogens is 2. The van der Waals surface area contributed by atoms with E-state index in [-0.39, 0.29) is 5.54 Å². The van der Waals surface area contributed by atoms with E-state index in [4.69, 9.17) is 0 Å². The maximum absolute atomic E-state index is 4.62. The molecule has 1 aromatic heterocycles. The summed E-state index contributed by atoms with van der Waals surface area (Å²) in [5.74, 6) is 3.02. The van der Waals surface area contributed by atoms with Crippen molar-refractivity contribution >= 4 is 11.6 Å². The average Bonchev–Trinajstić information content (AvgIpc) is 2.27. The van der Waals surface area contributed by atoms with Crippen LogP contribution in [-0.2, 0) is 0 Å². The van der Waals surface area contributed by atoms with Crippen molar-refractivity contribution in [1.82, 2.24) is 9.97 Å². The van der Waals surface area contributed by atoms with Crippen LogP contribution in [0.1, 0.15) is 66.1 Å². The molecule has 0 spiro atoms. The molecule has 0 atom stereocenters. The highest BCUT2D eigenvalue weighted by molar-refractivity contribution is 5.49. The van der Waals surface area contributed by atoms with Gasteiger partial charge in [-0.25, -0.2) is 9.97 Å². The predicted octanol–water partition coefficient (Wildman–Crippen LogP) is 4.02. The molecule has 2 N–H and O–H groups in total. The Hall–Kier alpha value is -1.32. The molecule has 0 aliphatic rings. The van der Waals surface area contributed by atoms with Crippen LogP contribution in [0.4, 0.5) is 11.6 Å². The molecule has 1 rings (SSSR count). The molecule has 1 aromatic rings. The van der Waals surface area contributed by atoms with E-state index in [0.29, 0.717) is 5.92 Å². The second kappa shape index (κ2) is 6.73. The van der Waals surface area contributed by atoms with Crippen molar-refractivity contribution in [2.24, 2.45) is 0 Å². The van der Waals surface area contributed by atoms with Crippen LogP contribution in [0.3, 0.4) is 0 Å². The third kappa shape index (κ3) is 5.05. The van der Waals surface area contributed by atoms with Crippen molar-refractivity contribution in [3.8, 4) is 0 Å². The van der Waals surface area contributed by atoms with E-state index in [2.05, 4.69) is 62.1 Å². The van der Waals surface area contributed by atoms with E-state index in [9.17, 15) is 0 Å². The zero-order valence-corrected chi connectivity index (χ0v) is 13.2. The van der Waals surface area contributed by atoms with E-state index in [1.54, 1.807) is 0 Å². The average molecular weight is 264 g/mol. The molecule has 19 heavy (non-hydrogen) atoms. The fourth-order valence-electron chi connectivity index (χ4n) is 2.09. The van der Waals surface area contributed by atoms with Crippen molar-refractivity contribution in [1.29, 1.82) is 0 Å². The van der Waals surface area contributed by atoms with Gasteiger partial charge in [-0.3, -0.25) is 0 Å². The van der Waals surface area contributed by atoms with Gasteiger partial charge >= 0.3 is 0 Å². The molecule has 1 heterocycles. The third-order valence-electron chi connectivity index (χ3n) is 2.96. The van der Waals surface area contributed by atoms with E-state index < -0.39 is 0 Å². The molecule has 0 aliphatic heterocycles. The van der Waals surface area contributed by atoms with Crippen LogP contribution in [-0.4, -0.2) is 22.1 Å². The van der Waals surface area contributed by atoms with Gasteiger partial charge in [0.25, 0.3) is 0 Å². The second-order valence-corrected chi connectivity index (χ2v) is 5.94. The van der Waals surface area contributed by atoms with E-state index in [1.165, 1.54) is 0 Å². The van der Waals surface area contributed by atoms with Crippen LogP contribution in [0, 0.1) is 0 Å². The lowest BCUT2D eigenvalue weighted by Gasteiger charge is -2.27. The molecule has 0 aromatic carbocycles. The largest absolute Gasteiger partial charge is 0.370 e. The molecule has 4 heteroatoms. The Morgan fingerprint density at radius 1 is 1.16 bits per heavy atom. The normalized spacial score (nSPS) is 11.7. The quantitative estimate of drug-likeness (QED) is 0.781. The Kier molecular flexibility index (Phi) is 5.58. The summed E-state index contributed by atoms with van der Waals surface area (Å²) in [5, 5.41) is 6.79. The number of hydrogen-bond donors (Lipinski definition) is 2. The molecule has 0 fully saturated rings. The fourth-order valence-corrected chi connectivity index (χ4v) is 2.09. The van der Waals surface area contributed by atoms with Gasteiger partial charge in [0.2, 0.25) is 0 Å². The first-order valence-corrected chi connectivity index (χ1v) is 7.29. The highest BCUT2D eigenvalue weighted by Gasteiger charge is 2.18. The topological polar surface area (TPSA) is 49.8 Å². The molecule has 0 amide bonds. The molecule has 0 unspecified atom stereocenters. The van der Waals surface area contributed by atoms with E-state index >= 15 is 0 Å². The molecular formula is C15H28N4. The van der Waals surface area contributed by atoms with Crippen LogP contribution >= 0.6 is 0 Å². The summed E-state index contributed by atoms with van der Waals surface area (Å²) >= 11 is 0. The van der Waals surface area contributed by atoms with Gasteiger partial charge in [0.05, 0.1) is 0 Å². The van der Waals surface area contributed by atoms with Crippen molar-refractivity contribution in [3.05, 3.63) is 11.9 Å². The first-order valence-electron chi connectivity index (χ1n) is 7.29. The minimum atomic E-state index is 0.0564. The lowest BCUT2D eigenvalue weighted by atomic mass is 9.99. The summed E-state index contributed by atoms with van der Waals surface area (Å²) in [6.07, 6.45) is 2.27. The molecule has 4 nitrogen and oxygen atoms in total. The molecule has 0 saturated heterocycles. The number of rotatable bonds is 7. The zero-order valence-electron chi connectivity index (χ0n) is 13.2. The second-order valence-electron chi connectivity index (χ2n) is 5.94. The van der Waals surface area contributed by atoms with Crippen molar-refractivity contribution in [2.75, 3.05) is 17.2 Å². The fraction of sp³-hybridized carbons (Fsp3) is 0.733. The SMILES string of the molecule is CCCC(C)(C)Nc1cc(NCC)nc(C(C)C)n1. The first-order chi connectivity index (χ1) is 8.88. The Morgan fingerprint density at radius 2 is 1.79 bits per heavy atom. The summed E-state index contributed by atoms with van der Waals surface area (Å²) in [5.41, 5.74) is 0.0564. The lowest BCUT2D eigenvalue weighted by Crippen LogP contribution is -2.31. The van der Waals surface area contributed by atoms with Crippen LogP contribution in [0.5, 0.6) is 0 Å². The van der Waals surface area contributed by atoms with E-state index in [1.807, 2.05) is 6.07 Å². The maximum atomic E-state index is 4.62. The molecular weight excluding hydrogens is 236 g/mol. The molecule has 0 bridgehead atoms. The van der Waals surface area contributed by atoms with Gasteiger partial charge in [0.15, 0.2) is 0 Å². The van der Waals surface area contributed by atoms with Crippen LogP contribution < -0.4 is 10.6 Å². The van der Waals surface area contributed by atoms with Gasteiger partial charge < -0.3 is 10.6 Å². The Balaban J connectivity index is 2.98. The minimum absolute atomic E-state index is 0.0564. The summed E-state index contributed by atoms with van der Waals surface area (Å²) in [6, 6.07) is 1.99. The summed E-state index contributed by atoms with van der Waals surface area (Å²) in [4.78, 5) is 9.16. The predicted molar refractivity (Wildman–Crippen MR) is 82.9 cm³/mol. The van der Waals surface area contributed by atoms with E-state index in [0.717, 1.165) is 36.8 Å². The maximum Gasteiger partial charge on any atom is 0.135 e. The lowest BCUT2D eigenvalue weighted by molar-refractivity contribution is 0.508. The molecule has 0 saturated carbocycles. The standard InChI is InChI=1S/C15H28N4/c1-7-9-15(5,6)19-13-10-12(16-8-2)17-14(18-13)11(3)4/h10-11H,7-9H2,1-6H3,(H2,16,17,18,19). The van der Waals surface area contributed by atoms with Crippen LogP contribution in [0.25, 0.3) is 0 Å². The van der Waals surface area contributed by atoms with Gasteiger partial charge in [-0.05, 0) is 27.2 Å². The number of nitrogens with zero attached hydrogens (tertiary/aromatic N) is 2. The zero-order chi connectivity index (χ0) is 14.5. The monoisotopic (exact) mass is 264 g/mol. The Bertz CT molecular complexity index is 399. The van der Waals surface area contributed by atoms with Gasteiger partial charge in [-0.2, -0.15) is 0 Å². The van der Waals surface area contributed by atoms with Crippen LogP contribution in [0.2, 0.25) is 0 Å². The van der Waals surface area contributed by atoms with Gasteiger partial charge in [0, 0.05) is 24.1 Å². The smallest absolute Gasteiger partial charge is 0.135 e. The van der Waals surface area contributed by atoms with Crippen molar-refractivity contribution < 1.29 is 0 Å². The highest BCUT2D eigenvalue weighted by Crippen LogP contribution is 2.22. The molecule has 0 radical (unpaired) electrons. The number of hydrogen-bond acceptors (Lipinski definition) is 4. The number of anilines is 2. The Labute approximate surface area is 117 Å².